The molecule has 1 aromatic carbocycles. The summed E-state index contributed by atoms with van der Waals surface area (Å²) in [6.07, 6.45) is -0.191. The Kier molecular flexibility index (Phi) is 4.18. The van der Waals surface area contributed by atoms with Gasteiger partial charge in [-0.15, -0.1) is 0 Å². The van der Waals surface area contributed by atoms with Crippen LogP contribution in [0.1, 0.15) is 19.4 Å². The second-order valence-corrected chi connectivity index (χ2v) is 5.98. The van der Waals surface area contributed by atoms with E-state index in [1.165, 1.54) is 6.21 Å². The molecular formula is C16H21NO5. The first-order valence-corrected chi connectivity index (χ1v) is 7.35. The molecule has 2 heterocycles. The van der Waals surface area contributed by atoms with Gasteiger partial charge in [-0.1, -0.05) is 30.3 Å². The van der Waals surface area contributed by atoms with Crippen LogP contribution >= 0.6 is 0 Å². The van der Waals surface area contributed by atoms with Gasteiger partial charge in [0, 0.05) is 12.7 Å². The Labute approximate surface area is 129 Å². The molecule has 0 amide bonds. The van der Waals surface area contributed by atoms with Crippen LogP contribution in [0.4, 0.5) is 0 Å². The summed E-state index contributed by atoms with van der Waals surface area (Å²) in [6.45, 7) is 3.95. The number of nitrogens with zero attached hydrogens (tertiary/aromatic N) is 1. The zero-order valence-corrected chi connectivity index (χ0v) is 13.0. The van der Waals surface area contributed by atoms with E-state index in [-0.39, 0.29) is 18.8 Å². The largest absolute Gasteiger partial charge is 0.624 e. The summed E-state index contributed by atoms with van der Waals surface area (Å²) in [5.74, 6) is -0.699. The Balaban J connectivity index is 1.72. The van der Waals surface area contributed by atoms with Gasteiger partial charge >= 0.3 is 0 Å². The maximum atomic E-state index is 12.2. The third-order valence-corrected chi connectivity index (χ3v) is 3.77. The number of hydrogen-bond acceptors (Lipinski definition) is 5. The van der Waals surface area contributed by atoms with Crippen molar-refractivity contribution in [1.29, 1.82) is 0 Å². The first-order valence-electron chi connectivity index (χ1n) is 7.35. The molecule has 120 valence electrons. The highest BCUT2D eigenvalue weighted by Crippen LogP contribution is 2.38. The van der Waals surface area contributed by atoms with Crippen molar-refractivity contribution >= 4 is 6.21 Å². The van der Waals surface area contributed by atoms with Gasteiger partial charge in [-0.05, 0) is 13.8 Å². The summed E-state index contributed by atoms with van der Waals surface area (Å²) in [5, 5.41) is 12.2. The number of fused-ring (bicyclic) bond motifs is 1. The Morgan fingerprint density at radius 3 is 2.59 bits per heavy atom. The third kappa shape index (κ3) is 3.15. The Morgan fingerprint density at radius 2 is 1.91 bits per heavy atom. The fourth-order valence-electron chi connectivity index (χ4n) is 2.88. The molecule has 6 heteroatoms. The minimum atomic E-state index is -0.699. The summed E-state index contributed by atoms with van der Waals surface area (Å²) in [4.78, 5) is 0. The molecule has 1 aromatic rings. The van der Waals surface area contributed by atoms with Gasteiger partial charge in [-0.25, -0.2) is 4.74 Å². The Bertz CT molecular complexity index is 545. The highest BCUT2D eigenvalue weighted by molar-refractivity contribution is 5.60. The number of benzene rings is 1. The molecule has 6 nitrogen and oxygen atoms in total. The molecule has 22 heavy (non-hydrogen) atoms. The van der Waals surface area contributed by atoms with Crippen LogP contribution in [0.3, 0.4) is 0 Å². The number of hydrogen-bond donors (Lipinski definition) is 0. The van der Waals surface area contributed by atoms with Crippen molar-refractivity contribution in [2.75, 3.05) is 7.11 Å². The molecule has 2 fully saturated rings. The van der Waals surface area contributed by atoms with Crippen molar-refractivity contribution < 1.29 is 23.7 Å². The van der Waals surface area contributed by atoms with Crippen molar-refractivity contribution in [2.24, 2.45) is 0 Å². The lowest BCUT2D eigenvalue weighted by Gasteiger charge is -2.22. The molecule has 0 aromatic heterocycles. The molecule has 0 aliphatic carbocycles. The summed E-state index contributed by atoms with van der Waals surface area (Å²) in [7, 11) is 1.55. The smallest absolute Gasteiger partial charge is 0.187 e. The van der Waals surface area contributed by atoms with E-state index >= 15 is 0 Å². The molecule has 2 aliphatic rings. The lowest BCUT2D eigenvalue weighted by molar-refractivity contribution is -0.473. The highest BCUT2D eigenvalue weighted by atomic mass is 16.8. The van der Waals surface area contributed by atoms with Crippen molar-refractivity contribution in [2.45, 2.75) is 50.8 Å². The van der Waals surface area contributed by atoms with E-state index in [1.54, 1.807) is 7.11 Å². The zero-order chi connectivity index (χ0) is 15.7. The van der Waals surface area contributed by atoms with Crippen LogP contribution in [-0.4, -0.2) is 48.5 Å². The molecule has 2 aliphatic heterocycles. The van der Waals surface area contributed by atoms with E-state index in [0.717, 1.165) is 10.3 Å². The fourth-order valence-corrected chi connectivity index (χ4v) is 2.88. The van der Waals surface area contributed by atoms with Crippen molar-refractivity contribution in [3.8, 4) is 0 Å². The van der Waals surface area contributed by atoms with E-state index in [4.69, 9.17) is 18.9 Å². The first kappa shape index (κ1) is 15.4. The number of methoxy groups -OCH3 is 1. The monoisotopic (exact) mass is 307 g/mol. The fraction of sp³-hybridized carbons (Fsp3) is 0.562. The standard InChI is InChI=1S/C16H21NO5/c1-16(2)21-13-12(20-15(19-3)14(13)22-16)10-17(18)9-11-7-5-4-6-8-11/h4-8,10,12-15H,9H2,1-3H3/b17-10-/t12-,13+,14+,15+/m1/s1. The van der Waals surface area contributed by atoms with Crippen LogP contribution in [0.5, 0.6) is 0 Å². The maximum absolute atomic E-state index is 12.2. The van der Waals surface area contributed by atoms with Crippen LogP contribution in [0.25, 0.3) is 0 Å². The minimum Gasteiger partial charge on any atom is -0.624 e. The molecule has 0 N–H and O–H groups in total. The number of ether oxygens (including phenoxy) is 4. The quantitative estimate of drug-likeness (QED) is 0.366. The Hall–Kier alpha value is -1.47. The Morgan fingerprint density at radius 1 is 1.23 bits per heavy atom. The molecular weight excluding hydrogens is 286 g/mol. The topological polar surface area (TPSA) is 63.0 Å². The summed E-state index contributed by atoms with van der Waals surface area (Å²) < 4.78 is 23.5. The van der Waals surface area contributed by atoms with Gasteiger partial charge in [0.25, 0.3) is 0 Å². The average Bonchev–Trinajstić information content (AvgIpc) is 2.94. The molecule has 2 saturated heterocycles. The van der Waals surface area contributed by atoms with E-state index in [2.05, 4.69) is 0 Å². The normalized spacial score (nSPS) is 33.9. The van der Waals surface area contributed by atoms with E-state index < -0.39 is 18.2 Å². The van der Waals surface area contributed by atoms with Gasteiger partial charge in [-0.3, -0.25) is 0 Å². The molecule has 0 bridgehead atoms. The predicted molar refractivity (Wildman–Crippen MR) is 79.3 cm³/mol. The van der Waals surface area contributed by atoms with E-state index in [9.17, 15) is 5.21 Å². The lowest BCUT2D eigenvalue weighted by Crippen LogP contribution is -2.32. The highest BCUT2D eigenvalue weighted by Gasteiger charge is 2.56. The first-order chi connectivity index (χ1) is 10.5. The second-order valence-electron chi connectivity index (χ2n) is 5.98. The van der Waals surface area contributed by atoms with Crippen LogP contribution in [0, 0.1) is 5.21 Å². The molecule has 0 radical (unpaired) electrons. The second kappa shape index (κ2) is 5.96. The van der Waals surface area contributed by atoms with Crippen molar-refractivity contribution in [3.05, 3.63) is 41.1 Å². The van der Waals surface area contributed by atoms with Crippen LogP contribution in [0.2, 0.25) is 0 Å². The van der Waals surface area contributed by atoms with Crippen molar-refractivity contribution in [1.82, 2.24) is 0 Å². The van der Waals surface area contributed by atoms with E-state index in [1.807, 2.05) is 44.2 Å². The molecule has 0 unspecified atom stereocenters. The zero-order valence-electron chi connectivity index (χ0n) is 13.0. The van der Waals surface area contributed by atoms with Gasteiger partial charge in [-0.2, -0.15) is 0 Å². The summed E-state index contributed by atoms with van der Waals surface area (Å²) >= 11 is 0. The van der Waals surface area contributed by atoms with Gasteiger partial charge < -0.3 is 24.2 Å². The van der Waals surface area contributed by atoms with Gasteiger partial charge in [0.2, 0.25) is 0 Å². The molecule has 0 saturated carbocycles. The SMILES string of the molecule is CO[C@H]1O[C@H](/C=[N+](\[O-])Cc2ccccc2)[C@@H]2OC(C)(C)O[C@H]12. The average molecular weight is 307 g/mol. The number of hydroxylamine groups is 1. The summed E-state index contributed by atoms with van der Waals surface area (Å²) in [5.41, 5.74) is 0.940. The van der Waals surface area contributed by atoms with Crippen LogP contribution < -0.4 is 0 Å². The number of rotatable bonds is 4. The van der Waals surface area contributed by atoms with E-state index in [0.29, 0.717) is 0 Å². The molecule has 0 spiro atoms. The minimum absolute atomic E-state index is 0.264. The van der Waals surface area contributed by atoms with Gasteiger partial charge in [0.05, 0.1) is 0 Å². The molecule has 4 atom stereocenters. The lowest BCUT2D eigenvalue weighted by atomic mass is 10.1. The van der Waals surface area contributed by atoms with Crippen LogP contribution in [0.15, 0.2) is 30.3 Å². The van der Waals surface area contributed by atoms with Crippen molar-refractivity contribution in [3.63, 3.8) is 0 Å². The molecule has 3 rings (SSSR count). The predicted octanol–water partition coefficient (Wildman–Crippen LogP) is 1.66. The maximum Gasteiger partial charge on any atom is 0.187 e. The van der Waals surface area contributed by atoms with Crippen LogP contribution in [-0.2, 0) is 25.5 Å². The van der Waals surface area contributed by atoms with Gasteiger partial charge in [0.15, 0.2) is 30.9 Å². The summed E-state index contributed by atoms with van der Waals surface area (Å²) in [6, 6.07) is 9.55. The van der Waals surface area contributed by atoms with Gasteiger partial charge in [0.1, 0.15) is 12.2 Å². The third-order valence-electron chi connectivity index (χ3n) is 3.77.